The average Bonchev–Trinajstić information content (AvgIpc) is 3.00. The van der Waals surface area contributed by atoms with Crippen molar-refractivity contribution in [2.75, 3.05) is 18.9 Å². The lowest BCUT2D eigenvalue weighted by atomic mass is 10.3. The fraction of sp³-hybridized carbons (Fsp3) is 0.357. The van der Waals surface area contributed by atoms with E-state index in [-0.39, 0.29) is 10.9 Å². The Hall–Kier alpha value is -1.44. The van der Waals surface area contributed by atoms with E-state index in [4.69, 9.17) is 0 Å². The molecule has 2 heterocycles. The Kier molecular flexibility index (Phi) is 4.97. The first-order valence-electron chi connectivity index (χ1n) is 6.67. The molecule has 7 heteroatoms. The lowest BCUT2D eigenvalue weighted by molar-refractivity contribution is 0.403. The maximum atomic E-state index is 12.8. The van der Waals surface area contributed by atoms with E-state index in [2.05, 4.69) is 10.3 Å². The van der Waals surface area contributed by atoms with Crippen LogP contribution in [0.2, 0.25) is 0 Å². The van der Waals surface area contributed by atoms with Crippen molar-refractivity contribution in [3.63, 3.8) is 0 Å². The van der Waals surface area contributed by atoms with Crippen LogP contribution >= 0.6 is 11.3 Å². The SMILES string of the molecule is CCNc1ccncc1S(=O)(=O)N(C)C(C)c1cccs1. The molecule has 2 rings (SSSR count). The second-order valence-corrected chi connectivity index (χ2v) is 7.56. The topological polar surface area (TPSA) is 62.3 Å². The lowest BCUT2D eigenvalue weighted by Gasteiger charge is -2.24. The molecule has 0 saturated heterocycles. The Labute approximate surface area is 129 Å². The number of nitrogens with one attached hydrogen (secondary N) is 1. The maximum absolute atomic E-state index is 12.8. The molecule has 0 aliphatic rings. The van der Waals surface area contributed by atoms with Crippen LogP contribution in [0.15, 0.2) is 40.9 Å². The van der Waals surface area contributed by atoms with Gasteiger partial charge in [0.2, 0.25) is 10.0 Å². The number of pyridine rings is 1. The van der Waals surface area contributed by atoms with Gasteiger partial charge in [0.25, 0.3) is 0 Å². The van der Waals surface area contributed by atoms with Gasteiger partial charge < -0.3 is 5.32 Å². The monoisotopic (exact) mass is 325 g/mol. The number of hydrogen-bond acceptors (Lipinski definition) is 5. The number of aromatic nitrogens is 1. The molecule has 1 N–H and O–H groups in total. The van der Waals surface area contributed by atoms with Crippen LogP contribution in [0.3, 0.4) is 0 Å². The molecule has 0 spiro atoms. The average molecular weight is 325 g/mol. The van der Waals surface area contributed by atoms with E-state index in [1.807, 2.05) is 31.4 Å². The summed E-state index contributed by atoms with van der Waals surface area (Å²) in [5, 5.41) is 5.01. The summed E-state index contributed by atoms with van der Waals surface area (Å²) in [6, 6.07) is 5.32. The minimum atomic E-state index is -3.60. The van der Waals surface area contributed by atoms with Crippen molar-refractivity contribution in [3.05, 3.63) is 40.8 Å². The van der Waals surface area contributed by atoms with Gasteiger partial charge in [-0.2, -0.15) is 4.31 Å². The minimum absolute atomic E-state index is 0.206. The van der Waals surface area contributed by atoms with Crippen molar-refractivity contribution in [2.45, 2.75) is 24.8 Å². The number of anilines is 1. The minimum Gasteiger partial charge on any atom is -0.384 e. The van der Waals surface area contributed by atoms with Crippen LogP contribution in [-0.4, -0.2) is 31.3 Å². The first-order chi connectivity index (χ1) is 9.98. The fourth-order valence-corrected chi connectivity index (χ4v) is 4.34. The summed E-state index contributed by atoms with van der Waals surface area (Å²) >= 11 is 1.55. The van der Waals surface area contributed by atoms with Crippen LogP contribution in [0.5, 0.6) is 0 Å². The Morgan fingerprint density at radius 1 is 1.43 bits per heavy atom. The number of thiophene rings is 1. The third-order valence-electron chi connectivity index (χ3n) is 3.31. The third-order valence-corrected chi connectivity index (χ3v) is 6.31. The number of rotatable bonds is 6. The Morgan fingerprint density at radius 3 is 2.81 bits per heavy atom. The predicted molar refractivity (Wildman–Crippen MR) is 86.1 cm³/mol. The first-order valence-corrected chi connectivity index (χ1v) is 8.99. The number of nitrogens with zero attached hydrogens (tertiary/aromatic N) is 2. The number of hydrogen-bond donors (Lipinski definition) is 1. The zero-order chi connectivity index (χ0) is 15.5. The summed E-state index contributed by atoms with van der Waals surface area (Å²) in [6.45, 7) is 4.46. The van der Waals surface area contributed by atoms with E-state index in [0.29, 0.717) is 12.2 Å². The van der Waals surface area contributed by atoms with Crippen LogP contribution in [0, 0.1) is 0 Å². The molecule has 1 atom stereocenters. The molecule has 2 aromatic heterocycles. The lowest BCUT2D eigenvalue weighted by Crippen LogP contribution is -2.30. The molecule has 0 saturated carbocycles. The summed E-state index contributed by atoms with van der Waals surface area (Å²) in [5.74, 6) is 0. The van der Waals surface area contributed by atoms with E-state index in [1.165, 1.54) is 10.5 Å². The second-order valence-electron chi connectivity index (χ2n) is 4.61. The van der Waals surface area contributed by atoms with Crippen molar-refractivity contribution in [1.82, 2.24) is 9.29 Å². The van der Waals surface area contributed by atoms with Gasteiger partial charge in [-0.1, -0.05) is 6.07 Å². The van der Waals surface area contributed by atoms with Gasteiger partial charge in [-0.25, -0.2) is 8.42 Å². The predicted octanol–water partition coefficient (Wildman–Crippen LogP) is 2.96. The van der Waals surface area contributed by atoms with E-state index >= 15 is 0 Å². The summed E-state index contributed by atoms with van der Waals surface area (Å²) in [5.41, 5.74) is 0.581. The van der Waals surface area contributed by atoms with E-state index < -0.39 is 10.0 Å². The molecule has 2 aromatic rings. The molecule has 0 fully saturated rings. The van der Waals surface area contributed by atoms with Crippen molar-refractivity contribution < 1.29 is 8.42 Å². The first kappa shape index (κ1) is 15.9. The molecule has 0 amide bonds. The summed E-state index contributed by atoms with van der Waals surface area (Å²) in [6.07, 6.45) is 2.98. The Bertz CT molecular complexity index is 684. The molecule has 114 valence electrons. The smallest absolute Gasteiger partial charge is 0.246 e. The zero-order valence-electron chi connectivity index (χ0n) is 12.3. The van der Waals surface area contributed by atoms with Crippen LogP contribution < -0.4 is 5.32 Å². The van der Waals surface area contributed by atoms with Gasteiger partial charge in [0.05, 0.1) is 11.7 Å². The molecule has 0 bridgehead atoms. The van der Waals surface area contributed by atoms with Crippen LogP contribution in [-0.2, 0) is 10.0 Å². The highest BCUT2D eigenvalue weighted by Gasteiger charge is 2.29. The molecule has 1 unspecified atom stereocenters. The van der Waals surface area contributed by atoms with Gasteiger partial charge in [-0.15, -0.1) is 11.3 Å². The fourth-order valence-electron chi connectivity index (χ4n) is 1.99. The number of sulfonamides is 1. The molecule has 0 aliphatic heterocycles. The van der Waals surface area contributed by atoms with Crippen LogP contribution in [0.25, 0.3) is 0 Å². The van der Waals surface area contributed by atoms with Gasteiger partial charge in [0.15, 0.2) is 0 Å². The van der Waals surface area contributed by atoms with Gasteiger partial charge in [-0.3, -0.25) is 4.98 Å². The summed E-state index contributed by atoms with van der Waals surface area (Å²) in [4.78, 5) is 5.17. The summed E-state index contributed by atoms with van der Waals surface area (Å²) < 4.78 is 27.0. The molecular formula is C14H19N3O2S2. The van der Waals surface area contributed by atoms with E-state index in [1.54, 1.807) is 30.6 Å². The standard InChI is InChI=1S/C14H19N3O2S2/c1-4-16-12-7-8-15-10-14(12)21(18,19)17(3)11(2)13-6-5-9-20-13/h5-11H,4H2,1-3H3,(H,15,16). The van der Waals surface area contributed by atoms with Crippen LogP contribution in [0.4, 0.5) is 5.69 Å². The highest BCUT2D eigenvalue weighted by molar-refractivity contribution is 7.89. The van der Waals surface area contributed by atoms with Gasteiger partial charge in [0.1, 0.15) is 4.90 Å². The van der Waals surface area contributed by atoms with Gasteiger partial charge >= 0.3 is 0 Å². The highest BCUT2D eigenvalue weighted by atomic mass is 32.2. The molecule has 0 aromatic carbocycles. The van der Waals surface area contributed by atoms with Crippen molar-refractivity contribution >= 4 is 27.0 Å². The molecule has 0 radical (unpaired) electrons. The van der Waals surface area contributed by atoms with Gasteiger partial charge in [-0.05, 0) is 31.4 Å². The Morgan fingerprint density at radius 2 is 2.19 bits per heavy atom. The molecule has 0 aliphatic carbocycles. The van der Waals surface area contributed by atoms with Gasteiger partial charge in [0, 0.05) is 30.9 Å². The quantitative estimate of drug-likeness (QED) is 0.887. The molecule has 5 nitrogen and oxygen atoms in total. The van der Waals surface area contributed by atoms with E-state index in [9.17, 15) is 8.42 Å². The zero-order valence-corrected chi connectivity index (χ0v) is 13.9. The van der Waals surface area contributed by atoms with E-state index in [0.717, 1.165) is 4.88 Å². The largest absolute Gasteiger partial charge is 0.384 e. The van der Waals surface area contributed by atoms with Crippen LogP contribution in [0.1, 0.15) is 24.8 Å². The second kappa shape index (κ2) is 6.55. The molecule has 21 heavy (non-hydrogen) atoms. The van der Waals surface area contributed by atoms with Crippen molar-refractivity contribution in [1.29, 1.82) is 0 Å². The highest BCUT2D eigenvalue weighted by Crippen LogP contribution is 2.30. The van der Waals surface area contributed by atoms with Crippen molar-refractivity contribution in [3.8, 4) is 0 Å². The maximum Gasteiger partial charge on any atom is 0.246 e. The third kappa shape index (κ3) is 3.25. The Balaban J connectivity index is 2.38. The summed E-state index contributed by atoms with van der Waals surface area (Å²) in [7, 11) is -2.00. The molecular weight excluding hydrogens is 306 g/mol. The normalized spacial score (nSPS) is 13.3. The van der Waals surface area contributed by atoms with Crippen molar-refractivity contribution in [2.24, 2.45) is 0 Å².